The van der Waals surface area contributed by atoms with Crippen molar-refractivity contribution in [3.8, 4) is 17.6 Å². The molecule has 0 spiro atoms. The first kappa shape index (κ1) is 14.2. The molecule has 0 fully saturated rings. The van der Waals surface area contributed by atoms with Crippen LogP contribution in [0.4, 0.5) is 0 Å². The zero-order valence-electron chi connectivity index (χ0n) is 11.3. The van der Waals surface area contributed by atoms with Crippen LogP contribution < -0.4 is 9.47 Å². The van der Waals surface area contributed by atoms with Crippen LogP contribution in [0.25, 0.3) is 0 Å². The second-order valence-corrected chi connectivity index (χ2v) is 4.77. The van der Waals surface area contributed by atoms with Gasteiger partial charge in [0.15, 0.2) is 11.5 Å². The van der Waals surface area contributed by atoms with Crippen molar-refractivity contribution in [3.63, 3.8) is 0 Å². The Balaban J connectivity index is 2.16. The first-order valence-corrected chi connectivity index (χ1v) is 6.48. The maximum atomic E-state index is 8.85. The van der Waals surface area contributed by atoms with E-state index in [0.717, 1.165) is 11.1 Å². The van der Waals surface area contributed by atoms with E-state index in [1.54, 1.807) is 25.3 Å². The Hall–Kier alpha value is -2.18. The normalized spacial score (nSPS) is 9.90. The van der Waals surface area contributed by atoms with Gasteiger partial charge < -0.3 is 9.47 Å². The van der Waals surface area contributed by atoms with Gasteiger partial charge in [0.1, 0.15) is 6.61 Å². The van der Waals surface area contributed by atoms with Crippen LogP contribution in [0.3, 0.4) is 0 Å². The second kappa shape index (κ2) is 6.31. The Morgan fingerprint density at radius 1 is 1.15 bits per heavy atom. The summed E-state index contributed by atoms with van der Waals surface area (Å²) in [6, 6.07) is 12.9. The molecule has 102 valence electrons. The van der Waals surface area contributed by atoms with Gasteiger partial charge in [0.2, 0.25) is 0 Å². The summed E-state index contributed by atoms with van der Waals surface area (Å²) in [6.07, 6.45) is 0. The standard InChI is InChI=1S/C16H14ClNO2/c1-11-3-5-13(14(17)7-11)10-20-15-6-4-12(9-18)8-16(15)19-2/h3-8H,10H2,1-2H3. The van der Waals surface area contributed by atoms with Crippen molar-refractivity contribution in [2.75, 3.05) is 7.11 Å². The molecule has 0 N–H and O–H groups in total. The van der Waals surface area contributed by atoms with Gasteiger partial charge in [-0.1, -0.05) is 23.7 Å². The Labute approximate surface area is 123 Å². The lowest BCUT2D eigenvalue weighted by Gasteiger charge is -2.12. The predicted octanol–water partition coefficient (Wildman–Crippen LogP) is 4.11. The number of hydrogen-bond donors (Lipinski definition) is 0. The highest BCUT2D eigenvalue weighted by atomic mass is 35.5. The Bertz CT molecular complexity index is 662. The van der Waals surface area contributed by atoms with E-state index in [0.29, 0.717) is 28.7 Å². The average molecular weight is 288 g/mol. The average Bonchev–Trinajstić information content (AvgIpc) is 2.46. The van der Waals surface area contributed by atoms with Gasteiger partial charge in [0.25, 0.3) is 0 Å². The highest BCUT2D eigenvalue weighted by molar-refractivity contribution is 6.31. The number of nitrogens with zero attached hydrogens (tertiary/aromatic N) is 1. The van der Waals surface area contributed by atoms with Crippen molar-refractivity contribution in [1.29, 1.82) is 5.26 Å². The number of nitriles is 1. The molecular formula is C16H14ClNO2. The van der Waals surface area contributed by atoms with E-state index in [1.165, 1.54) is 0 Å². The van der Waals surface area contributed by atoms with E-state index < -0.39 is 0 Å². The third-order valence-corrected chi connectivity index (χ3v) is 3.24. The fourth-order valence-electron chi connectivity index (χ4n) is 1.78. The summed E-state index contributed by atoms with van der Waals surface area (Å²) in [5, 5.41) is 9.53. The molecule has 0 bridgehead atoms. The lowest BCUT2D eigenvalue weighted by Crippen LogP contribution is -1.99. The molecule has 2 rings (SSSR count). The number of methoxy groups -OCH3 is 1. The molecule has 0 heterocycles. The van der Waals surface area contributed by atoms with Crippen LogP contribution in [-0.4, -0.2) is 7.11 Å². The minimum absolute atomic E-state index is 0.349. The van der Waals surface area contributed by atoms with Crippen LogP contribution in [-0.2, 0) is 6.61 Å². The van der Waals surface area contributed by atoms with Gasteiger partial charge in [-0.2, -0.15) is 5.26 Å². The zero-order chi connectivity index (χ0) is 14.5. The van der Waals surface area contributed by atoms with Gasteiger partial charge in [-0.25, -0.2) is 0 Å². The molecule has 3 nitrogen and oxygen atoms in total. The number of aryl methyl sites for hydroxylation is 1. The molecule has 2 aromatic carbocycles. The summed E-state index contributed by atoms with van der Waals surface area (Å²) < 4.78 is 10.9. The van der Waals surface area contributed by atoms with Crippen LogP contribution in [0.1, 0.15) is 16.7 Å². The van der Waals surface area contributed by atoms with Crippen LogP contribution in [0.2, 0.25) is 5.02 Å². The van der Waals surface area contributed by atoms with Crippen LogP contribution in [0, 0.1) is 18.3 Å². The predicted molar refractivity (Wildman–Crippen MR) is 78.2 cm³/mol. The van der Waals surface area contributed by atoms with Crippen molar-refractivity contribution in [1.82, 2.24) is 0 Å². The van der Waals surface area contributed by atoms with E-state index >= 15 is 0 Å². The van der Waals surface area contributed by atoms with Crippen LogP contribution in [0.15, 0.2) is 36.4 Å². The van der Waals surface area contributed by atoms with E-state index in [2.05, 4.69) is 6.07 Å². The summed E-state index contributed by atoms with van der Waals surface area (Å²) in [6.45, 7) is 2.33. The summed E-state index contributed by atoms with van der Waals surface area (Å²) >= 11 is 6.16. The van der Waals surface area contributed by atoms with Crippen molar-refractivity contribution in [3.05, 3.63) is 58.1 Å². The molecule has 0 aromatic heterocycles. The van der Waals surface area contributed by atoms with Gasteiger partial charge in [-0.15, -0.1) is 0 Å². The van der Waals surface area contributed by atoms with E-state index in [1.807, 2.05) is 25.1 Å². The maximum absolute atomic E-state index is 8.85. The molecule has 20 heavy (non-hydrogen) atoms. The Morgan fingerprint density at radius 2 is 1.95 bits per heavy atom. The molecule has 0 saturated carbocycles. The number of ether oxygens (including phenoxy) is 2. The molecule has 0 atom stereocenters. The zero-order valence-corrected chi connectivity index (χ0v) is 12.1. The van der Waals surface area contributed by atoms with E-state index in [4.69, 9.17) is 26.3 Å². The summed E-state index contributed by atoms with van der Waals surface area (Å²) in [4.78, 5) is 0. The molecule has 0 saturated heterocycles. The lowest BCUT2D eigenvalue weighted by molar-refractivity contribution is 0.284. The molecule has 0 aliphatic carbocycles. The first-order valence-electron chi connectivity index (χ1n) is 6.10. The van der Waals surface area contributed by atoms with Crippen LogP contribution in [0.5, 0.6) is 11.5 Å². The van der Waals surface area contributed by atoms with Crippen molar-refractivity contribution < 1.29 is 9.47 Å². The Morgan fingerprint density at radius 3 is 2.60 bits per heavy atom. The third kappa shape index (κ3) is 3.23. The van der Waals surface area contributed by atoms with Crippen LogP contribution >= 0.6 is 11.6 Å². The molecule has 0 aliphatic heterocycles. The molecule has 2 aromatic rings. The van der Waals surface area contributed by atoms with Gasteiger partial charge in [0.05, 0.1) is 18.7 Å². The Kier molecular flexibility index (Phi) is 4.49. The minimum atomic E-state index is 0.349. The van der Waals surface area contributed by atoms with Crippen molar-refractivity contribution in [2.45, 2.75) is 13.5 Å². The van der Waals surface area contributed by atoms with Gasteiger partial charge in [0, 0.05) is 16.7 Å². The number of rotatable bonds is 4. The molecule has 0 amide bonds. The minimum Gasteiger partial charge on any atom is -0.493 e. The molecule has 4 heteroatoms. The molecular weight excluding hydrogens is 274 g/mol. The third-order valence-electron chi connectivity index (χ3n) is 2.88. The monoisotopic (exact) mass is 287 g/mol. The smallest absolute Gasteiger partial charge is 0.162 e. The molecule has 0 aliphatic rings. The number of halogens is 1. The fourth-order valence-corrected chi connectivity index (χ4v) is 2.07. The summed E-state index contributed by atoms with van der Waals surface area (Å²) in [7, 11) is 1.54. The lowest BCUT2D eigenvalue weighted by atomic mass is 10.1. The quantitative estimate of drug-likeness (QED) is 0.850. The van der Waals surface area contributed by atoms with Crippen molar-refractivity contribution in [2.24, 2.45) is 0 Å². The second-order valence-electron chi connectivity index (χ2n) is 4.36. The summed E-state index contributed by atoms with van der Waals surface area (Å²) in [5.74, 6) is 1.12. The molecule has 0 unspecified atom stereocenters. The fraction of sp³-hybridized carbons (Fsp3) is 0.188. The highest BCUT2D eigenvalue weighted by Gasteiger charge is 2.07. The van der Waals surface area contributed by atoms with Gasteiger partial charge in [-0.3, -0.25) is 0 Å². The van der Waals surface area contributed by atoms with E-state index in [9.17, 15) is 0 Å². The van der Waals surface area contributed by atoms with Crippen molar-refractivity contribution >= 4 is 11.6 Å². The number of benzene rings is 2. The largest absolute Gasteiger partial charge is 0.493 e. The first-order chi connectivity index (χ1) is 9.63. The van der Waals surface area contributed by atoms with Gasteiger partial charge in [-0.05, 0) is 30.7 Å². The topological polar surface area (TPSA) is 42.2 Å². The van der Waals surface area contributed by atoms with E-state index in [-0.39, 0.29) is 0 Å². The summed E-state index contributed by atoms with van der Waals surface area (Å²) in [5.41, 5.74) is 2.54. The molecule has 0 radical (unpaired) electrons. The SMILES string of the molecule is COc1cc(C#N)ccc1OCc1ccc(C)cc1Cl. The highest BCUT2D eigenvalue weighted by Crippen LogP contribution is 2.29. The maximum Gasteiger partial charge on any atom is 0.162 e. The number of hydrogen-bond acceptors (Lipinski definition) is 3. The van der Waals surface area contributed by atoms with Gasteiger partial charge >= 0.3 is 0 Å².